The van der Waals surface area contributed by atoms with E-state index >= 15 is 0 Å². The maximum absolute atomic E-state index is 13.3. The number of anilines is 2. The van der Waals surface area contributed by atoms with Crippen molar-refractivity contribution in [1.82, 2.24) is 4.98 Å². The van der Waals surface area contributed by atoms with Gasteiger partial charge in [-0.1, -0.05) is 52.3 Å². The minimum absolute atomic E-state index is 0.00764. The van der Waals surface area contributed by atoms with Crippen LogP contribution < -0.4 is 4.90 Å². The third-order valence-corrected chi connectivity index (χ3v) is 5.35. The van der Waals surface area contributed by atoms with Crippen molar-refractivity contribution in [3.8, 4) is 0 Å². The van der Waals surface area contributed by atoms with E-state index in [1.54, 1.807) is 4.90 Å². The number of H-pyrrole nitrogens is 1. The van der Waals surface area contributed by atoms with Crippen LogP contribution in [0.25, 0.3) is 22.6 Å². The molecule has 5 rings (SSSR count). The molecule has 130 valence electrons. The number of carbonyl (C=O) groups excluding carboxylic acids is 1. The van der Waals surface area contributed by atoms with Crippen molar-refractivity contribution in [3.63, 3.8) is 0 Å². The van der Waals surface area contributed by atoms with Crippen molar-refractivity contribution in [1.29, 1.82) is 0 Å². The fourth-order valence-electron chi connectivity index (χ4n) is 3.60. The number of amides is 1. The Balaban J connectivity index is 1.69. The molecule has 0 unspecified atom stereocenters. The molecule has 0 atom stereocenters. The number of aromatic nitrogens is 1. The normalized spacial score (nSPS) is 14.9. The molecule has 3 aromatic carbocycles. The highest BCUT2D eigenvalue weighted by atomic mass is 79.9. The zero-order chi connectivity index (χ0) is 18.4. The van der Waals surface area contributed by atoms with Gasteiger partial charge in [-0.3, -0.25) is 9.69 Å². The topological polar surface area (TPSA) is 36.1 Å². The van der Waals surface area contributed by atoms with E-state index in [2.05, 4.69) is 27.0 Å². The average molecular weight is 415 g/mol. The maximum Gasteiger partial charge on any atom is 0.263 e. The van der Waals surface area contributed by atoms with Gasteiger partial charge in [-0.15, -0.1) is 0 Å². The quantitative estimate of drug-likeness (QED) is 0.392. The van der Waals surface area contributed by atoms with Gasteiger partial charge >= 0.3 is 0 Å². The first kappa shape index (κ1) is 16.1. The highest BCUT2D eigenvalue weighted by molar-refractivity contribution is 9.10. The maximum atomic E-state index is 13.3. The average Bonchev–Trinajstić information content (AvgIpc) is 3.21. The van der Waals surface area contributed by atoms with Crippen molar-refractivity contribution in [2.45, 2.75) is 0 Å². The number of nitrogens with zero attached hydrogens (tertiary/aromatic N) is 1. The molecule has 3 nitrogen and oxygen atoms in total. The summed E-state index contributed by atoms with van der Waals surface area (Å²) in [7, 11) is 0. The van der Waals surface area contributed by atoms with Crippen molar-refractivity contribution < 1.29 is 4.79 Å². The highest BCUT2D eigenvalue weighted by Crippen LogP contribution is 2.42. The number of para-hydroxylation sites is 2. The van der Waals surface area contributed by atoms with Gasteiger partial charge in [0.2, 0.25) is 0 Å². The second kappa shape index (κ2) is 6.25. The lowest BCUT2D eigenvalue weighted by Crippen LogP contribution is -2.20. The van der Waals surface area contributed by atoms with Crippen LogP contribution in [-0.4, -0.2) is 10.9 Å². The molecule has 1 amide bonds. The van der Waals surface area contributed by atoms with E-state index in [9.17, 15) is 4.79 Å². The molecule has 0 bridgehead atoms. The summed E-state index contributed by atoms with van der Waals surface area (Å²) in [5.74, 6) is -0.00764. The SMILES string of the molecule is O=C1C(=Cc2c[nH]c3ccc(Br)cc23)c2ccccc2N1c1ccccc1. The highest BCUT2D eigenvalue weighted by Gasteiger charge is 2.33. The third-order valence-electron chi connectivity index (χ3n) is 4.86. The van der Waals surface area contributed by atoms with Gasteiger partial charge in [0.25, 0.3) is 5.91 Å². The van der Waals surface area contributed by atoms with E-state index in [-0.39, 0.29) is 5.91 Å². The summed E-state index contributed by atoms with van der Waals surface area (Å²) in [5, 5.41) is 1.08. The van der Waals surface area contributed by atoms with Gasteiger partial charge in [-0.05, 0) is 42.5 Å². The molecule has 0 radical (unpaired) electrons. The number of hydrogen-bond donors (Lipinski definition) is 1. The summed E-state index contributed by atoms with van der Waals surface area (Å²) >= 11 is 3.53. The van der Waals surface area contributed by atoms with Gasteiger partial charge in [-0.2, -0.15) is 0 Å². The van der Waals surface area contributed by atoms with E-state index < -0.39 is 0 Å². The van der Waals surface area contributed by atoms with E-state index in [1.165, 1.54) is 0 Å². The molecular weight excluding hydrogens is 400 g/mol. The molecule has 0 fully saturated rings. The zero-order valence-electron chi connectivity index (χ0n) is 14.3. The van der Waals surface area contributed by atoms with E-state index in [1.807, 2.05) is 79.0 Å². The fourth-order valence-corrected chi connectivity index (χ4v) is 3.96. The number of benzene rings is 3. The number of halogens is 1. The Labute approximate surface area is 165 Å². The van der Waals surface area contributed by atoms with Crippen LogP contribution in [0.2, 0.25) is 0 Å². The Morgan fingerprint density at radius 3 is 2.56 bits per heavy atom. The Hall–Kier alpha value is -3.11. The minimum atomic E-state index is -0.00764. The number of rotatable bonds is 2. The summed E-state index contributed by atoms with van der Waals surface area (Å²) in [6.07, 6.45) is 3.93. The number of nitrogens with one attached hydrogen (secondary N) is 1. The lowest BCUT2D eigenvalue weighted by Gasteiger charge is -2.16. The number of fused-ring (bicyclic) bond motifs is 2. The van der Waals surface area contributed by atoms with Crippen molar-refractivity contribution in [3.05, 3.63) is 94.6 Å². The Morgan fingerprint density at radius 1 is 0.926 bits per heavy atom. The number of hydrogen-bond acceptors (Lipinski definition) is 1. The van der Waals surface area contributed by atoms with Crippen LogP contribution in [0, 0.1) is 0 Å². The summed E-state index contributed by atoms with van der Waals surface area (Å²) in [5.41, 5.74) is 5.50. The molecular formula is C23H15BrN2O. The molecule has 27 heavy (non-hydrogen) atoms. The lowest BCUT2D eigenvalue weighted by atomic mass is 10.0. The van der Waals surface area contributed by atoms with E-state index in [0.29, 0.717) is 5.57 Å². The molecule has 1 N–H and O–H groups in total. The van der Waals surface area contributed by atoms with Gasteiger partial charge in [-0.25, -0.2) is 0 Å². The van der Waals surface area contributed by atoms with E-state index in [4.69, 9.17) is 0 Å². The molecule has 1 aliphatic heterocycles. The van der Waals surface area contributed by atoms with Crippen LogP contribution in [0.15, 0.2) is 83.5 Å². The number of aromatic amines is 1. The molecule has 0 spiro atoms. The largest absolute Gasteiger partial charge is 0.361 e. The number of carbonyl (C=O) groups is 1. The van der Waals surface area contributed by atoms with Gasteiger partial charge in [0.1, 0.15) is 0 Å². The molecule has 0 saturated heterocycles. The summed E-state index contributed by atoms with van der Waals surface area (Å²) < 4.78 is 1.01. The first-order chi connectivity index (χ1) is 13.2. The molecule has 0 aliphatic carbocycles. The molecule has 1 aromatic heterocycles. The molecule has 1 aliphatic rings. The van der Waals surface area contributed by atoms with Crippen molar-refractivity contribution in [2.75, 3.05) is 4.90 Å². The van der Waals surface area contributed by atoms with Crippen LogP contribution in [0.5, 0.6) is 0 Å². The summed E-state index contributed by atoms with van der Waals surface area (Å²) in [6, 6.07) is 23.8. The van der Waals surface area contributed by atoms with Crippen LogP contribution in [0.4, 0.5) is 11.4 Å². The summed E-state index contributed by atoms with van der Waals surface area (Å²) in [6.45, 7) is 0. The summed E-state index contributed by atoms with van der Waals surface area (Å²) in [4.78, 5) is 18.4. The van der Waals surface area contributed by atoms with Gasteiger partial charge in [0, 0.05) is 38.4 Å². The van der Waals surface area contributed by atoms with E-state index in [0.717, 1.165) is 37.9 Å². The molecule has 2 heterocycles. The smallest absolute Gasteiger partial charge is 0.263 e. The fraction of sp³-hybridized carbons (Fsp3) is 0. The molecule has 0 saturated carbocycles. The van der Waals surface area contributed by atoms with Crippen molar-refractivity contribution in [2.24, 2.45) is 0 Å². The first-order valence-corrected chi connectivity index (χ1v) is 9.49. The Kier molecular flexibility index (Phi) is 3.73. The third kappa shape index (κ3) is 2.61. The van der Waals surface area contributed by atoms with Crippen LogP contribution in [-0.2, 0) is 4.79 Å². The van der Waals surface area contributed by atoms with Gasteiger partial charge in [0.05, 0.1) is 11.3 Å². The van der Waals surface area contributed by atoms with Crippen LogP contribution in [0.1, 0.15) is 11.1 Å². The van der Waals surface area contributed by atoms with Crippen molar-refractivity contribution >= 4 is 55.8 Å². The van der Waals surface area contributed by atoms with Crippen LogP contribution in [0.3, 0.4) is 0 Å². The second-order valence-corrected chi connectivity index (χ2v) is 7.40. The van der Waals surface area contributed by atoms with Crippen LogP contribution >= 0.6 is 15.9 Å². The minimum Gasteiger partial charge on any atom is -0.361 e. The second-order valence-electron chi connectivity index (χ2n) is 6.49. The first-order valence-electron chi connectivity index (χ1n) is 8.69. The van der Waals surface area contributed by atoms with Gasteiger partial charge in [0.15, 0.2) is 0 Å². The Bertz CT molecular complexity index is 1210. The lowest BCUT2D eigenvalue weighted by molar-refractivity contribution is -0.112. The zero-order valence-corrected chi connectivity index (χ0v) is 15.9. The molecule has 4 aromatic rings. The molecule has 4 heteroatoms. The monoisotopic (exact) mass is 414 g/mol. The van der Waals surface area contributed by atoms with Gasteiger partial charge < -0.3 is 4.98 Å². The standard InChI is InChI=1S/C23H15BrN2O/c24-16-10-11-21-19(13-16)15(14-25-21)12-20-18-8-4-5-9-22(18)26(23(20)27)17-6-2-1-3-7-17/h1-14,25H. The predicted octanol–water partition coefficient (Wildman–Crippen LogP) is 6.15. The Morgan fingerprint density at radius 2 is 1.70 bits per heavy atom. The predicted molar refractivity (Wildman–Crippen MR) is 114 cm³/mol.